The van der Waals surface area contributed by atoms with Crippen LogP contribution in [0.5, 0.6) is 0 Å². The fourth-order valence-electron chi connectivity index (χ4n) is 3.44. The minimum absolute atomic E-state index is 0.616. The Balaban J connectivity index is 2.07. The van der Waals surface area contributed by atoms with Gasteiger partial charge in [0.2, 0.25) is 0 Å². The highest BCUT2D eigenvalue weighted by atomic mass is 16.5. The number of ether oxygens (including phenoxy) is 1. The van der Waals surface area contributed by atoms with Gasteiger partial charge in [0, 0.05) is 13.1 Å². The van der Waals surface area contributed by atoms with Crippen molar-refractivity contribution in [1.29, 1.82) is 0 Å². The van der Waals surface area contributed by atoms with Crippen LogP contribution in [0.3, 0.4) is 0 Å². The molecule has 4 heteroatoms. The highest BCUT2D eigenvalue weighted by molar-refractivity contribution is 5.79. The molecule has 0 unspecified atom stereocenters. The molecule has 0 aromatic carbocycles. The van der Waals surface area contributed by atoms with E-state index in [0.29, 0.717) is 25.0 Å². The first-order chi connectivity index (χ1) is 8.56. The van der Waals surface area contributed by atoms with Crippen LogP contribution in [0.25, 0.3) is 0 Å². The minimum atomic E-state index is -0.633. The van der Waals surface area contributed by atoms with Crippen molar-refractivity contribution >= 4 is 5.97 Å². The molecule has 2 rings (SSSR count). The molecule has 1 heterocycles. The van der Waals surface area contributed by atoms with Gasteiger partial charge in [-0.2, -0.15) is 0 Å². The van der Waals surface area contributed by atoms with Crippen LogP contribution in [0.4, 0.5) is 0 Å². The Labute approximate surface area is 109 Å². The Morgan fingerprint density at radius 1 is 1.28 bits per heavy atom. The predicted molar refractivity (Wildman–Crippen MR) is 69.6 cm³/mol. The number of carboxylic acids is 1. The maximum atomic E-state index is 11.8. The van der Waals surface area contributed by atoms with Crippen LogP contribution in [0.2, 0.25) is 0 Å². The molecule has 0 aromatic heterocycles. The molecule has 18 heavy (non-hydrogen) atoms. The van der Waals surface area contributed by atoms with Gasteiger partial charge < -0.3 is 9.84 Å². The SMILES string of the molecule is CC(C)C1CCC(C(=O)O)(N2CCOCC2)CC1. The van der Waals surface area contributed by atoms with Crippen molar-refractivity contribution < 1.29 is 14.6 Å². The lowest BCUT2D eigenvalue weighted by Crippen LogP contribution is -2.59. The summed E-state index contributed by atoms with van der Waals surface area (Å²) in [4.78, 5) is 13.9. The third kappa shape index (κ3) is 2.54. The van der Waals surface area contributed by atoms with Gasteiger partial charge in [0.15, 0.2) is 0 Å². The van der Waals surface area contributed by atoms with Gasteiger partial charge >= 0.3 is 5.97 Å². The molecule has 0 aromatic rings. The van der Waals surface area contributed by atoms with E-state index in [1.165, 1.54) is 0 Å². The first kappa shape index (κ1) is 13.8. The second kappa shape index (κ2) is 5.57. The maximum Gasteiger partial charge on any atom is 0.324 e. The standard InChI is InChI=1S/C14H25NO3/c1-11(2)12-3-5-14(6-4-12,13(16)17)15-7-9-18-10-8-15/h11-12H,3-10H2,1-2H3,(H,16,17). The van der Waals surface area contributed by atoms with Gasteiger partial charge in [-0.3, -0.25) is 9.69 Å². The molecule has 2 aliphatic rings. The highest BCUT2D eigenvalue weighted by Gasteiger charge is 2.47. The van der Waals surface area contributed by atoms with E-state index in [9.17, 15) is 9.90 Å². The van der Waals surface area contributed by atoms with E-state index < -0.39 is 11.5 Å². The van der Waals surface area contributed by atoms with Crippen LogP contribution < -0.4 is 0 Å². The lowest BCUT2D eigenvalue weighted by Gasteiger charge is -2.46. The summed E-state index contributed by atoms with van der Waals surface area (Å²) in [7, 11) is 0. The zero-order chi connectivity index (χ0) is 13.2. The van der Waals surface area contributed by atoms with Crippen molar-refractivity contribution in [3.63, 3.8) is 0 Å². The van der Waals surface area contributed by atoms with E-state index in [1.54, 1.807) is 0 Å². The number of rotatable bonds is 3. The van der Waals surface area contributed by atoms with Crippen molar-refractivity contribution in [2.24, 2.45) is 11.8 Å². The Bertz CT molecular complexity index is 289. The summed E-state index contributed by atoms with van der Waals surface area (Å²) in [6.07, 6.45) is 3.68. The third-order valence-electron chi connectivity index (χ3n) is 4.81. The fraction of sp³-hybridized carbons (Fsp3) is 0.929. The smallest absolute Gasteiger partial charge is 0.324 e. The molecule has 0 atom stereocenters. The van der Waals surface area contributed by atoms with Crippen molar-refractivity contribution in [3.8, 4) is 0 Å². The average molecular weight is 255 g/mol. The summed E-state index contributed by atoms with van der Waals surface area (Å²) in [6, 6.07) is 0. The number of nitrogens with zero attached hydrogens (tertiary/aromatic N) is 1. The van der Waals surface area contributed by atoms with Crippen LogP contribution in [0.1, 0.15) is 39.5 Å². The Hall–Kier alpha value is -0.610. The monoisotopic (exact) mass is 255 g/mol. The first-order valence-corrected chi connectivity index (χ1v) is 7.12. The van der Waals surface area contributed by atoms with Gasteiger partial charge in [0.05, 0.1) is 13.2 Å². The summed E-state index contributed by atoms with van der Waals surface area (Å²) in [6.45, 7) is 7.35. The molecule has 1 N–H and O–H groups in total. The minimum Gasteiger partial charge on any atom is -0.480 e. The van der Waals surface area contributed by atoms with Gasteiger partial charge in [-0.1, -0.05) is 13.8 Å². The normalized spacial score (nSPS) is 34.7. The molecule has 4 nitrogen and oxygen atoms in total. The largest absolute Gasteiger partial charge is 0.480 e. The molecule has 2 fully saturated rings. The molecular weight excluding hydrogens is 230 g/mol. The van der Waals surface area contributed by atoms with Crippen molar-refractivity contribution in [3.05, 3.63) is 0 Å². The van der Waals surface area contributed by atoms with E-state index in [4.69, 9.17) is 4.74 Å². The van der Waals surface area contributed by atoms with E-state index in [2.05, 4.69) is 18.7 Å². The molecule has 1 saturated heterocycles. The number of morpholine rings is 1. The molecule has 0 spiro atoms. The van der Waals surface area contributed by atoms with Crippen molar-refractivity contribution in [2.75, 3.05) is 26.3 Å². The lowest BCUT2D eigenvalue weighted by molar-refractivity contribution is -0.159. The predicted octanol–water partition coefficient (Wildman–Crippen LogP) is 1.99. The molecule has 0 amide bonds. The number of hydrogen-bond acceptors (Lipinski definition) is 3. The number of aliphatic carboxylic acids is 1. The number of carbonyl (C=O) groups is 1. The van der Waals surface area contributed by atoms with Gasteiger partial charge in [0.1, 0.15) is 5.54 Å². The second-order valence-electron chi connectivity index (χ2n) is 6.02. The van der Waals surface area contributed by atoms with E-state index in [-0.39, 0.29) is 0 Å². The zero-order valence-corrected chi connectivity index (χ0v) is 11.5. The number of hydrogen-bond donors (Lipinski definition) is 1. The maximum absolute atomic E-state index is 11.8. The van der Waals surface area contributed by atoms with Crippen LogP contribution >= 0.6 is 0 Å². The summed E-state index contributed by atoms with van der Waals surface area (Å²) in [5.74, 6) is 0.728. The molecular formula is C14H25NO3. The van der Waals surface area contributed by atoms with E-state index >= 15 is 0 Å². The van der Waals surface area contributed by atoms with Gasteiger partial charge in [-0.15, -0.1) is 0 Å². The Morgan fingerprint density at radius 3 is 2.28 bits per heavy atom. The zero-order valence-electron chi connectivity index (χ0n) is 11.5. The summed E-state index contributed by atoms with van der Waals surface area (Å²) >= 11 is 0. The van der Waals surface area contributed by atoms with Gasteiger partial charge in [-0.05, 0) is 37.5 Å². The second-order valence-corrected chi connectivity index (χ2v) is 6.02. The summed E-state index contributed by atoms with van der Waals surface area (Å²) < 4.78 is 5.34. The summed E-state index contributed by atoms with van der Waals surface area (Å²) in [5, 5.41) is 9.68. The van der Waals surface area contributed by atoms with Crippen LogP contribution in [0.15, 0.2) is 0 Å². The average Bonchev–Trinajstić information content (AvgIpc) is 2.39. The quantitative estimate of drug-likeness (QED) is 0.838. The van der Waals surface area contributed by atoms with Crippen LogP contribution in [-0.4, -0.2) is 47.8 Å². The Morgan fingerprint density at radius 2 is 1.83 bits per heavy atom. The first-order valence-electron chi connectivity index (χ1n) is 7.12. The highest BCUT2D eigenvalue weighted by Crippen LogP contribution is 2.39. The molecule has 1 saturated carbocycles. The molecule has 1 aliphatic heterocycles. The molecule has 0 bridgehead atoms. The Kier molecular flexibility index (Phi) is 4.28. The molecule has 104 valence electrons. The topological polar surface area (TPSA) is 49.8 Å². The van der Waals surface area contributed by atoms with Crippen LogP contribution in [0, 0.1) is 11.8 Å². The van der Waals surface area contributed by atoms with Crippen molar-refractivity contribution in [2.45, 2.75) is 45.1 Å². The number of carboxylic acid groups (broad SMARTS) is 1. The fourth-order valence-corrected chi connectivity index (χ4v) is 3.44. The van der Waals surface area contributed by atoms with Gasteiger partial charge in [0.25, 0.3) is 0 Å². The van der Waals surface area contributed by atoms with Crippen molar-refractivity contribution in [1.82, 2.24) is 4.90 Å². The van der Waals surface area contributed by atoms with Gasteiger partial charge in [-0.25, -0.2) is 0 Å². The third-order valence-corrected chi connectivity index (χ3v) is 4.81. The lowest BCUT2D eigenvalue weighted by atomic mass is 9.72. The van der Waals surface area contributed by atoms with E-state index in [1.807, 2.05) is 0 Å². The molecule has 0 radical (unpaired) electrons. The van der Waals surface area contributed by atoms with Crippen LogP contribution in [-0.2, 0) is 9.53 Å². The van der Waals surface area contributed by atoms with E-state index in [0.717, 1.165) is 38.8 Å². The molecule has 1 aliphatic carbocycles. The summed E-state index contributed by atoms with van der Waals surface area (Å²) in [5.41, 5.74) is -0.616.